The Morgan fingerprint density at radius 3 is 2.21 bits per heavy atom. The highest BCUT2D eigenvalue weighted by Gasteiger charge is 2.35. The van der Waals surface area contributed by atoms with Crippen molar-refractivity contribution in [1.29, 1.82) is 0 Å². The number of aryl methyl sites for hydroxylation is 1. The van der Waals surface area contributed by atoms with E-state index < -0.39 is 17.6 Å². The number of amides is 2. The molecule has 1 aromatic heterocycles. The number of imide groups is 1. The number of aromatic nitrogens is 2. The fourth-order valence-corrected chi connectivity index (χ4v) is 6.62. The third kappa shape index (κ3) is 5.24. The van der Waals surface area contributed by atoms with Gasteiger partial charge >= 0.3 is 11.7 Å². The Hall–Kier alpha value is -3.10. The summed E-state index contributed by atoms with van der Waals surface area (Å²) in [6.07, 6.45) is 6.84. The molecule has 0 spiro atoms. The number of hydrogen-bond donors (Lipinski definition) is 1. The summed E-state index contributed by atoms with van der Waals surface area (Å²) in [4.78, 5) is 52.0. The molecule has 1 saturated carbocycles. The minimum Gasteiger partial charge on any atom is -0.460 e. The molecule has 2 aromatic rings. The van der Waals surface area contributed by atoms with Gasteiger partial charge in [0, 0.05) is 32.2 Å². The lowest BCUT2D eigenvalue weighted by Crippen LogP contribution is -2.44. The molecule has 1 atom stereocenters. The number of anilines is 1. The first kappa shape index (κ1) is 26.5. The molecule has 9 nitrogen and oxygen atoms in total. The monoisotopic (exact) mass is 524 g/mol. The summed E-state index contributed by atoms with van der Waals surface area (Å²) in [5.74, 6) is 0.635. The fraction of sp³-hybridized carbons (Fsp3) is 0.655. The van der Waals surface area contributed by atoms with Crippen LogP contribution in [0.15, 0.2) is 23.0 Å². The molecule has 206 valence electrons. The van der Waals surface area contributed by atoms with Gasteiger partial charge in [0.05, 0.1) is 17.0 Å². The predicted molar refractivity (Wildman–Crippen MR) is 145 cm³/mol. The summed E-state index contributed by atoms with van der Waals surface area (Å²) in [6, 6.07) is 5.35. The Bertz CT molecular complexity index is 1290. The Kier molecular flexibility index (Phi) is 7.13. The van der Waals surface area contributed by atoms with Crippen LogP contribution in [0.2, 0.25) is 0 Å². The van der Waals surface area contributed by atoms with Crippen molar-refractivity contribution in [2.24, 2.45) is 24.8 Å². The van der Waals surface area contributed by atoms with E-state index in [0.29, 0.717) is 23.8 Å². The maximum atomic E-state index is 13.1. The second-order valence-electron chi connectivity index (χ2n) is 12.3. The van der Waals surface area contributed by atoms with Gasteiger partial charge in [0.2, 0.25) is 11.8 Å². The SMILES string of the molecule is Cn1c(=O)n(C2CCC(=O)NC2=O)c2ccc(N3CCC(C4CCC(C(=O)OC(C)(C)C)CC4)CC3)cc21. The molecule has 1 aromatic carbocycles. The Morgan fingerprint density at radius 2 is 1.58 bits per heavy atom. The topological polar surface area (TPSA) is 103 Å². The smallest absolute Gasteiger partial charge is 0.329 e. The summed E-state index contributed by atoms with van der Waals surface area (Å²) < 4.78 is 8.74. The van der Waals surface area contributed by atoms with E-state index in [1.807, 2.05) is 39.0 Å². The number of hydrogen-bond acceptors (Lipinski definition) is 6. The standard InChI is InChI=1S/C29H40N4O5/c1-29(2,3)38-27(36)20-7-5-18(6-8-20)19-13-15-32(16-14-19)21-9-10-22-24(17-21)31(4)28(37)33(22)23-11-12-25(34)30-26(23)35/h9-10,17-20,23H,5-8,11-16H2,1-4H3,(H,30,34,35). The number of piperidine rings is 2. The van der Waals surface area contributed by atoms with Crippen molar-refractivity contribution in [1.82, 2.24) is 14.5 Å². The van der Waals surface area contributed by atoms with Gasteiger partial charge in [-0.3, -0.25) is 28.8 Å². The largest absolute Gasteiger partial charge is 0.460 e. The van der Waals surface area contributed by atoms with Gasteiger partial charge in [-0.25, -0.2) is 4.79 Å². The average molecular weight is 525 g/mol. The van der Waals surface area contributed by atoms with Gasteiger partial charge in [-0.05, 0) is 95.8 Å². The summed E-state index contributed by atoms with van der Waals surface area (Å²) in [7, 11) is 1.73. The number of imidazole rings is 1. The van der Waals surface area contributed by atoms with Crippen molar-refractivity contribution in [3.8, 4) is 0 Å². The molecule has 0 bridgehead atoms. The van der Waals surface area contributed by atoms with E-state index in [1.54, 1.807) is 11.6 Å². The van der Waals surface area contributed by atoms with E-state index in [0.717, 1.165) is 62.8 Å². The van der Waals surface area contributed by atoms with Crippen LogP contribution >= 0.6 is 0 Å². The normalized spacial score (nSPS) is 25.5. The quantitative estimate of drug-likeness (QED) is 0.484. The van der Waals surface area contributed by atoms with E-state index in [9.17, 15) is 19.2 Å². The maximum Gasteiger partial charge on any atom is 0.329 e. The highest BCUT2D eigenvalue weighted by atomic mass is 16.6. The molecule has 2 amide bonds. The Balaban J connectivity index is 1.22. The number of rotatable bonds is 4. The lowest BCUT2D eigenvalue weighted by Gasteiger charge is -2.40. The molecule has 2 aliphatic heterocycles. The minimum atomic E-state index is -0.670. The molecule has 3 heterocycles. The van der Waals surface area contributed by atoms with E-state index in [1.165, 1.54) is 4.57 Å². The van der Waals surface area contributed by atoms with Crippen LogP contribution < -0.4 is 15.9 Å². The number of fused-ring (bicyclic) bond motifs is 1. The summed E-state index contributed by atoms with van der Waals surface area (Å²) in [5, 5.41) is 2.36. The van der Waals surface area contributed by atoms with Crippen LogP contribution in [0.3, 0.4) is 0 Å². The number of carbonyl (C=O) groups excluding carboxylic acids is 3. The molecule has 9 heteroatoms. The third-order valence-electron chi connectivity index (χ3n) is 8.68. The fourth-order valence-electron chi connectivity index (χ4n) is 6.62. The third-order valence-corrected chi connectivity index (χ3v) is 8.68. The lowest BCUT2D eigenvalue weighted by atomic mass is 9.72. The molecule has 0 radical (unpaired) electrons. The molecular weight excluding hydrogens is 484 g/mol. The van der Waals surface area contributed by atoms with Crippen LogP contribution in [0.25, 0.3) is 11.0 Å². The minimum absolute atomic E-state index is 0.0383. The number of nitrogens with one attached hydrogen (secondary N) is 1. The first-order valence-corrected chi connectivity index (χ1v) is 14.0. The molecule has 1 aliphatic carbocycles. The maximum absolute atomic E-state index is 13.1. The van der Waals surface area contributed by atoms with Gasteiger partial charge in [0.1, 0.15) is 11.6 Å². The number of ether oxygens (including phenoxy) is 1. The van der Waals surface area contributed by atoms with Crippen LogP contribution in [0.4, 0.5) is 5.69 Å². The molecule has 1 N–H and O–H groups in total. The summed E-state index contributed by atoms with van der Waals surface area (Å²) in [5.41, 5.74) is 1.92. The van der Waals surface area contributed by atoms with Crippen molar-refractivity contribution in [3.63, 3.8) is 0 Å². The van der Waals surface area contributed by atoms with E-state index in [-0.39, 0.29) is 29.9 Å². The molecular formula is C29H40N4O5. The number of carbonyl (C=O) groups is 3. The van der Waals surface area contributed by atoms with Gasteiger partial charge in [-0.15, -0.1) is 0 Å². The highest BCUT2D eigenvalue weighted by molar-refractivity contribution is 6.00. The predicted octanol–water partition coefficient (Wildman–Crippen LogP) is 3.68. The Morgan fingerprint density at radius 1 is 0.921 bits per heavy atom. The van der Waals surface area contributed by atoms with Crippen molar-refractivity contribution in [2.45, 2.75) is 83.8 Å². The van der Waals surface area contributed by atoms with E-state index in [2.05, 4.69) is 10.2 Å². The van der Waals surface area contributed by atoms with Gasteiger partial charge in [0.15, 0.2) is 0 Å². The van der Waals surface area contributed by atoms with E-state index in [4.69, 9.17) is 4.74 Å². The van der Waals surface area contributed by atoms with Crippen molar-refractivity contribution >= 4 is 34.5 Å². The van der Waals surface area contributed by atoms with Gasteiger partial charge in [-0.2, -0.15) is 0 Å². The summed E-state index contributed by atoms with van der Waals surface area (Å²) in [6.45, 7) is 7.70. The zero-order valence-corrected chi connectivity index (χ0v) is 23.0. The first-order chi connectivity index (χ1) is 18.0. The van der Waals surface area contributed by atoms with Gasteiger partial charge in [0.25, 0.3) is 0 Å². The van der Waals surface area contributed by atoms with Crippen LogP contribution in [0, 0.1) is 17.8 Å². The molecule has 5 rings (SSSR count). The number of esters is 1. The molecule has 2 saturated heterocycles. The second kappa shape index (κ2) is 10.2. The molecule has 3 fully saturated rings. The zero-order valence-electron chi connectivity index (χ0n) is 23.0. The zero-order chi connectivity index (χ0) is 27.2. The summed E-state index contributed by atoms with van der Waals surface area (Å²) >= 11 is 0. The first-order valence-electron chi connectivity index (χ1n) is 14.0. The Labute approximate surface area is 223 Å². The van der Waals surface area contributed by atoms with Crippen molar-refractivity contribution in [3.05, 3.63) is 28.7 Å². The van der Waals surface area contributed by atoms with Crippen molar-refractivity contribution < 1.29 is 19.1 Å². The lowest BCUT2D eigenvalue weighted by molar-refractivity contribution is -0.161. The molecule has 38 heavy (non-hydrogen) atoms. The van der Waals surface area contributed by atoms with Gasteiger partial charge < -0.3 is 9.64 Å². The van der Waals surface area contributed by atoms with E-state index >= 15 is 0 Å². The second-order valence-corrected chi connectivity index (χ2v) is 12.3. The van der Waals surface area contributed by atoms with Crippen LogP contribution in [-0.2, 0) is 26.2 Å². The van der Waals surface area contributed by atoms with Crippen LogP contribution in [0.5, 0.6) is 0 Å². The number of nitrogens with zero attached hydrogens (tertiary/aromatic N) is 3. The number of benzene rings is 1. The van der Waals surface area contributed by atoms with Crippen LogP contribution in [0.1, 0.15) is 78.2 Å². The molecule has 1 unspecified atom stereocenters. The molecule has 3 aliphatic rings. The average Bonchev–Trinajstić information content (AvgIpc) is 3.12. The van der Waals surface area contributed by atoms with Crippen molar-refractivity contribution in [2.75, 3.05) is 18.0 Å². The highest BCUT2D eigenvalue weighted by Crippen LogP contribution is 2.39. The van der Waals surface area contributed by atoms with Gasteiger partial charge in [-0.1, -0.05) is 0 Å². The van der Waals surface area contributed by atoms with Crippen LogP contribution in [-0.4, -0.2) is 45.6 Å².